The second-order valence-corrected chi connectivity index (χ2v) is 5.53. The molecule has 3 heteroatoms. The summed E-state index contributed by atoms with van der Waals surface area (Å²) in [6, 6.07) is 0. The predicted molar refractivity (Wildman–Crippen MR) is 65.5 cm³/mol. The number of aliphatic carboxylic acids is 1. The second kappa shape index (κ2) is 5.67. The van der Waals surface area contributed by atoms with Crippen molar-refractivity contribution < 1.29 is 9.90 Å². The minimum Gasteiger partial charge on any atom is -0.480 e. The minimum absolute atomic E-state index is 0.518. The van der Waals surface area contributed by atoms with Crippen LogP contribution >= 0.6 is 0 Å². The van der Waals surface area contributed by atoms with Crippen molar-refractivity contribution in [3.63, 3.8) is 0 Å². The quantitative estimate of drug-likeness (QED) is 0.751. The van der Waals surface area contributed by atoms with Crippen LogP contribution in [-0.4, -0.2) is 35.1 Å². The van der Waals surface area contributed by atoms with Crippen LogP contribution in [0.1, 0.15) is 52.4 Å². The smallest absolute Gasteiger partial charge is 0.324 e. The van der Waals surface area contributed by atoms with Crippen molar-refractivity contribution in [2.45, 2.75) is 57.9 Å². The third-order valence-electron chi connectivity index (χ3n) is 3.70. The summed E-state index contributed by atoms with van der Waals surface area (Å²) in [5.74, 6) is -0.109. The van der Waals surface area contributed by atoms with Gasteiger partial charge in [0.15, 0.2) is 0 Å². The van der Waals surface area contributed by atoms with E-state index in [0.717, 1.165) is 32.2 Å². The molecule has 0 radical (unpaired) electrons. The van der Waals surface area contributed by atoms with E-state index in [-0.39, 0.29) is 0 Å². The molecule has 0 aromatic carbocycles. The average Bonchev–Trinajstić information content (AvgIpc) is 2.42. The highest BCUT2D eigenvalue weighted by Gasteiger charge is 2.42. The molecule has 0 unspecified atom stereocenters. The number of hydrogen-bond acceptors (Lipinski definition) is 2. The van der Waals surface area contributed by atoms with Gasteiger partial charge in [0.1, 0.15) is 5.54 Å². The molecule has 0 heterocycles. The average molecular weight is 227 g/mol. The highest BCUT2D eigenvalue weighted by molar-refractivity contribution is 5.78. The molecule has 16 heavy (non-hydrogen) atoms. The van der Waals surface area contributed by atoms with Gasteiger partial charge in [-0.3, -0.25) is 9.69 Å². The van der Waals surface area contributed by atoms with Gasteiger partial charge in [0.05, 0.1) is 0 Å². The number of carboxylic acid groups (broad SMARTS) is 1. The number of carboxylic acids is 1. The molecular weight excluding hydrogens is 202 g/mol. The van der Waals surface area contributed by atoms with Crippen molar-refractivity contribution in [3.05, 3.63) is 0 Å². The molecule has 0 amide bonds. The molecule has 94 valence electrons. The molecule has 0 spiro atoms. The fourth-order valence-corrected chi connectivity index (χ4v) is 2.79. The standard InChI is InChI=1S/C13H25NO2/c1-11(2)10-14(3)13(12(15)16)8-6-4-5-7-9-13/h11H,4-10H2,1-3H3,(H,15,16). The van der Waals surface area contributed by atoms with Gasteiger partial charge < -0.3 is 5.11 Å². The molecule has 0 bridgehead atoms. The molecule has 0 aromatic heterocycles. The summed E-state index contributed by atoms with van der Waals surface area (Å²) in [5.41, 5.74) is -0.596. The van der Waals surface area contributed by atoms with Crippen LogP contribution in [-0.2, 0) is 4.79 Å². The molecular formula is C13H25NO2. The van der Waals surface area contributed by atoms with E-state index in [0.29, 0.717) is 5.92 Å². The van der Waals surface area contributed by atoms with Gasteiger partial charge in [-0.05, 0) is 25.8 Å². The second-order valence-electron chi connectivity index (χ2n) is 5.53. The summed E-state index contributed by atoms with van der Waals surface area (Å²) >= 11 is 0. The monoisotopic (exact) mass is 227 g/mol. The summed E-state index contributed by atoms with van der Waals surface area (Å²) in [4.78, 5) is 13.7. The first kappa shape index (κ1) is 13.5. The summed E-state index contributed by atoms with van der Waals surface area (Å²) < 4.78 is 0. The predicted octanol–water partition coefficient (Wildman–Crippen LogP) is 2.75. The zero-order valence-electron chi connectivity index (χ0n) is 10.8. The van der Waals surface area contributed by atoms with Gasteiger partial charge in [-0.1, -0.05) is 39.5 Å². The van der Waals surface area contributed by atoms with Crippen LogP contribution < -0.4 is 0 Å². The van der Waals surface area contributed by atoms with Gasteiger partial charge >= 0.3 is 5.97 Å². The van der Waals surface area contributed by atoms with E-state index in [2.05, 4.69) is 18.7 Å². The van der Waals surface area contributed by atoms with E-state index in [1.54, 1.807) is 0 Å². The fraction of sp³-hybridized carbons (Fsp3) is 0.923. The first-order valence-corrected chi connectivity index (χ1v) is 6.43. The Morgan fingerprint density at radius 1 is 1.25 bits per heavy atom. The van der Waals surface area contributed by atoms with Crippen LogP contribution in [0.2, 0.25) is 0 Å². The van der Waals surface area contributed by atoms with E-state index >= 15 is 0 Å². The minimum atomic E-state index is -0.627. The third kappa shape index (κ3) is 2.97. The Balaban J connectivity index is 2.81. The number of carbonyl (C=O) groups is 1. The molecule has 1 aliphatic rings. The van der Waals surface area contributed by atoms with Gasteiger partial charge in [0, 0.05) is 6.54 Å². The summed E-state index contributed by atoms with van der Waals surface area (Å²) in [7, 11) is 1.97. The van der Waals surface area contributed by atoms with Crippen LogP contribution in [0.4, 0.5) is 0 Å². The number of likely N-dealkylation sites (N-methyl/N-ethyl adjacent to an activating group) is 1. The Bertz CT molecular complexity index is 230. The summed E-state index contributed by atoms with van der Waals surface area (Å²) in [5, 5.41) is 9.56. The number of hydrogen-bond donors (Lipinski definition) is 1. The Morgan fingerprint density at radius 3 is 2.12 bits per heavy atom. The molecule has 0 saturated heterocycles. The molecule has 1 aliphatic carbocycles. The zero-order chi connectivity index (χ0) is 12.2. The maximum atomic E-state index is 11.6. The molecule has 1 N–H and O–H groups in total. The normalized spacial score (nSPS) is 21.1. The van der Waals surface area contributed by atoms with Crippen LogP contribution in [0.15, 0.2) is 0 Å². The molecule has 0 atom stereocenters. The highest BCUT2D eigenvalue weighted by atomic mass is 16.4. The largest absolute Gasteiger partial charge is 0.480 e. The van der Waals surface area contributed by atoms with Crippen molar-refractivity contribution in [2.75, 3.05) is 13.6 Å². The van der Waals surface area contributed by atoms with E-state index < -0.39 is 11.5 Å². The van der Waals surface area contributed by atoms with E-state index in [9.17, 15) is 9.90 Å². The van der Waals surface area contributed by atoms with Crippen molar-refractivity contribution in [2.24, 2.45) is 5.92 Å². The van der Waals surface area contributed by atoms with Crippen molar-refractivity contribution in [3.8, 4) is 0 Å². The number of nitrogens with zero attached hydrogens (tertiary/aromatic N) is 1. The number of rotatable bonds is 4. The Morgan fingerprint density at radius 2 is 1.75 bits per heavy atom. The van der Waals surface area contributed by atoms with Crippen LogP contribution in [0, 0.1) is 5.92 Å². The van der Waals surface area contributed by atoms with Gasteiger partial charge in [0.2, 0.25) is 0 Å². The topological polar surface area (TPSA) is 40.5 Å². The van der Waals surface area contributed by atoms with Crippen molar-refractivity contribution in [1.29, 1.82) is 0 Å². The van der Waals surface area contributed by atoms with Crippen LogP contribution in [0.25, 0.3) is 0 Å². The third-order valence-corrected chi connectivity index (χ3v) is 3.70. The van der Waals surface area contributed by atoms with E-state index in [1.807, 2.05) is 7.05 Å². The lowest BCUT2D eigenvalue weighted by atomic mass is 9.88. The zero-order valence-corrected chi connectivity index (χ0v) is 10.8. The SMILES string of the molecule is CC(C)CN(C)C1(C(=O)O)CCCCCC1. The highest BCUT2D eigenvalue weighted by Crippen LogP contribution is 2.32. The maximum absolute atomic E-state index is 11.6. The van der Waals surface area contributed by atoms with Gasteiger partial charge in [-0.15, -0.1) is 0 Å². The summed E-state index contributed by atoms with van der Waals surface area (Å²) in [6.45, 7) is 5.15. The van der Waals surface area contributed by atoms with Crippen molar-refractivity contribution >= 4 is 5.97 Å². The van der Waals surface area contributed by atoms with Crippen LogP contribution in [0.3, 0.4) is 0 Å². The van der Waals surface area contributed by atoms with Crippen LogP contribution in [0.5, 0.6) is 0 Å². The van der Waals surface area contributed by atoms with Gasteiger partial charge in [-0.25, -0.2) is 0 Å². The lowest BCUT2D eigenvalue weighted by Gasteiger charge is -2.38. The van der Waals surface area contributed by atoms with E-state index in [1.165, 1.54) is 12.8 Å². The van der Waals surface area contributed by atoms with Crippen molar-refractivity contribution in [1.82, 2.24) is 4.90 Å². The molecule has 1 rings (SSSR count). The molecule has 3 nitrogen and oxygen atoms in total. The Labute approximate surface area is 98.8 Å². The van der Waals surface area contributed by atoms with E-state index in [4.69, 9.17) is 0 Å². The van der Waals surface area contributed by atoms with Gasteiger partial charge in [0.25, 0.3) is 0 Å². The summed E-state index contributed by atoms with van der Waals surface area (Å²) in [6.07, 6.45) is 6.09. The Kier molecular flexibility index (Phi) is 4.78. The molecule has 1 saturated carbocycles. The molecule has 0 aromatic rings. The molecule has 0 aliphatic heterocycles. The lowest BCUT2D eigenvalue weighted by molar-refractivity contribution is -0.152. The fourth-order valence-electron chi connectivity index (χ4n) is 2.79. The first-order chi connectivity index (χ1) is 7.49. The Hall–Kier alpha value is -0.570. The van der Waals surface area contributed by atoms with Gasteiger partial charge in [-0.2, -0.15) is 0 Å². The first-order valence-electron chi connectivity index (χ1n) is 6.43. The molecule has 1 fully saturated rings. The lowest BCUT2D eigenvalue weighted by Crippen LogP contribution is -2.53. The maximum Gasteiger partial charge on any atom is 0.324 e.